The lowest BCUT2D eigenvalue weighted by Crippen LogP contribution is -2.19. The van der Waals surface area contributed by atoms with Gasteiger partial charge in [-0.25, -0.2) is 9.59 Å². The van der Waals surface area contributed by atoms with Gasteiger partial charge in [-0.05, 0) is 39.5 Å². The molecule has 0 aromatic heterocycles. The normalized spacial score (nSPS) is 17.4. The highest BCUT2D eigenvalue weighted by Gasteiger charge is 2.17. The number of hydrogen-bond donors (Lipinski definition) is 0. The summed E-state index contributed by atoms with van der Waals surface area (Å²) in [6.07, 6.45) is 2.95. The largest absolute Gasteiger partial charge is 0.452 e. The van der Waals surface area contributed by atoms with E-state index in [1.165, 1.54) is 6.42 Å². The van der Waals surface area contributed by atoms with Crippen LogP contribution in [-0.4, -0.2) is 24.4 Å². The number of carbonyl (C=O) groups is 2. The van der Waals surface area contributed by atoms with Crippen LogP contribution in [0.15, 0.2) is 10.2 Å². The first kappa shape index (κ1) is 13.6. The Bertz CT molecular complexity index is 296. The Balaban J connectivity index is 2.28. The Hall–Kier alpha value is -1.46. The quantitative estimate of drug-likeness (QED) is 0.695. The molecule has 0 saturated heterocycles. The van der Waals surface area contributed by atoms with Crippen molar-refractivity contribution < 1.29 is 19.1 Å². The summed E-state index contributed by atoms with van der Waals surface area (Å²) < 4.78 is 9.72. The van der Waals surface area contributed by atoms with Gasteiger partial charge in [0.1, 0.15) is 6.10 Å². The number of rotatable bonds is 2. The highest BCUT2D eigenvalue weighted by atomic mass is 16.6. The molecule has 0 atom stereocenters. The second-order valence-electron chi connectivity index (χ2n) is 4.28. The zero-order valence-electron chi connectivity index (χ0n) is 10.2. The van der Waals surface area contributed by atoms with Crippen molar-refractivity contribution in [2.24, 2.45) is 10.2 Å². The Morgan fingerprint density at radius 1 is 1.06 bits per heavy atom. The molecule has 0 aromatic carbocycles. The molecule has 1 saturated carbocycles. The fourth-order valence-electron chi connectivity index (χ4n) is 1.66. The maximum atomic E-state index is 11.2. The third kappa shape index (κ3) is 5.99. The second kappa shape index (κ2) is 6.98. The van der Waals surface area contributed by atoms with Crippen molar-refractivity contribution in [3.8, 4) is 0 Å². The topological polar surface area (TPSA) is 77.3 Å². The molecule has 0 N–H and O–H groups in total. The number of nitrogens with zero attached hydrogens (tertiary/aromatic N) is 2. The van der Waals surface area contributed by atoms with Crippen molar-refractivity contribution in [1.82, 2.24) is 0 Å². The molecule has 1 fully saturated rings. The first-order valence-electron chi connectivity index (χ1n) is 5.91. The van der Waals surface area contributed by atoms with Crippen LogP contribution in [0.5, 0.6) is 0 Å². The number of azo groups is 1. The van der Waals surface area contributed by atoms with Gasteiger partial charge in [0.15, 0.2) is 0 Å². The molecule has 6 heteroatoms. The van der Waals surface area contributed by atoms with Gasteiger partial charge in [0.05, 0.1) is 6.10 Å². The number of amides is 2. The van der Waals surface area contributed by atoms with Crippen molar-refractivity contribution >= 4 is 12.2 Å². The van der Waals surface area contributed by atoms with Gasteiger partial charge in [0.2, 0.25) is 0 Å². The van der Waals surface area contributed by atoms with E-state index in [0.717, 1.165) is 25.7 Å². The summed E-state index contributed by atoms with van der Waals surface area (Å²) in [4.78, 5) is 22.2. The molecule has 0 aromatic rings. The summed E-state index contributed by atoms with van der Waals surface area (Å²) in [6, 6.07) is 0. The zero-order valence-corrected chi connectivity index (χ0v) is 10.2. The lowest BCUT2D eigenvalue weighted by Gasteiger charge is -2.20. The minimum Gasteiger partial charge on any atom is -0.444 e. The van der Waals surface area contributed by atoms with Gasteiger partial charge in [-0.15, -0.1) is 0 Å². The van der Waals surface area contributed by atoms with E-state index in [1.807, 2.05) is 0 Å². The molecular formula is C11H18N2O4. The van der Waals surface area contributed by atoms with Crippen molar-refractivity contribution in [2.75, 3.05) is 0 Å². The summed E-state index contributed by atoms with van der Waals surface area (Å²) >= 11 is 0. The van der Waals surface area contributed by atoms with Gasteiger partial charge < -0.3 is 9.47 Å². The van der Waals surface area contributed by atoms with Crippen LogP contribution in [-0.2, 0) is 9.47 Å². The highest BCUT2D eigenvalue weighted by molar-refractivity contribution is 5.73. The van der Waals surface area contributed by atoms with Crippen LogP contribution >= 0.6 is 0 Å². The van der Waals surface area contributed by atoms with Crippen molar-refractivity contribution in [3.63, 3.8) is 0 Å². The monoisotopic (exact) mass is 242 g/mol. The standard InChI is InChI=1S/C11H18N2O4/c1-8(2)16-10(14)12-13-11(15)17-9-6-4-3-5-7-9/h8-9H,3-7H2,1-2H3/b13-12+. The molecule has 6 nitrogen and oxygen atoms in total. The number of carbonyl (C=O) groups excluding carboxylic acids is 2. The average Bonchev–Trinajstić information content (AvgIpc) is 2.27. The van der Waals surface area contributed by atoms with Crippen LogP contribution in [0, 0.1) is 0 Å². The van der Waals surface area contributed by atoms with E-state index < -0.39 is 12.2 Å². The van der Waals surface area contributed by atoms with Gasteiger partial charge in [-0.2, -0.15) is 0 Å². The summed E-state index contributed by atoms with van der Waals surface area (Å²) in [6.45, 7) is 3.38. The molecule has 1 rings (SSSR count). The molecule has 0 radical (unpaired) electrons. The van der Waals surface area contributed by atoms with Gasteiger partial charge in [0.25, 0.3) is 0 Å². The van der Waals surface area contributed by atoms with Crippen molar-refractivity contribution in [3.05, 3.63) is 0 Å². The van der Waals surface area contributed by atoms with Crippen LogP contribution in [0.4, 0.5) is 9.59 Å². The molecule has 0 spiro atoms. The van der Waals surface area contributed by atoms with Crippen molar-refractivity contribution in [2.45, 2.75) is 58.2 Å². The third-order valence-corrected chi connectivity index (χ3v) is 2.37. The molecule has 1 aliphatic carbocycles. The minimum absolute atomic E-state index is 0.0867. The van der Waals surface area contributed by atoms with Gasteiger partial charge >= 0.3 is 12.2 Å². The average molecular weight is 242 g/mol. The molecule has 2 amide bonds. The van der Waals surface area contributed by atoms with E-state index in [0.29, 0.717) is 0 Å². The second-order valence-corrected chi connectivity index (χ2v) is 4.28. The van der Waals surface area contributed by atoms with Crippen molar-refractivity contribution in [1.29, 1.82) is 0 Å². The Morgan fingerprint density at radius 2 is 1.65 bits per heavy atom. The van der Waals surface area contributed by atoms with E-state index in [4.69, 9.17) is 4.74 Å². The summed E-state index contributed by atoms with van der Waals surface area (Å²) in [5, 5.41) is 6.28. The molecule has 0 aliphatic heterocycles. The Labute approximate surface area is 100 Å². The number of hydrogen-bond acceptors (Lipinski definition) is 4. The number of ether oxygens (including phenoxy) is 2. The Morgan fingerprint density at radius 3 is 2.24 bits per heavy atom. The molecular weight excluding hydrogens is 224 g/mol. The minimum atomic E-state index is -0.874. The maximum Gasteiger partial charge on any atom is 0.452 e. The third-order valence-electron chi connectivity index (χ3n) is 2.37. The van der Waals surface area contributed by atoms with E-state index in [1.54, 1.807) is 13.8 Å². The van der Waals surface area contributed by atoms with Crippen LogP contribution < -0.4 is 0 Å². The molecule has 17 heavy (non-hydrogen) atoms. The van der Waals surface area contributed by atoms with Crippen LogP contribution in [0.1, 0.15) is 46.0 Å². The predicted molar refractivity (Wildman–Crippen MR) is 59.8 cm³/mol. The first-order valence-corrected chi connectivity index (χ1v) is 5.91. The lowest BCUT2D eigenvalue weighted by molar-refractivity contribution is 0.0806. The Kier molecular flexibility index (Phi) is 5.59. The van der Waals surface area contributed by atoms with E-state index in [2.05, 4.69) is 15.0 Å². The molecule has 0 bridgehead atoms. The van der Waals surface area contributed by atoms with E-state index in [9.17, 15) is 9.59 Å². The van der Waals surface area contributed by atoms with Crippen LogP contribution in [0.3, 0.4) is 0 Å². The van der Waals surface area contributed by atoms with Crippen LogP contribution in [0.2, 0.25) is 0 Å². The van der Waals surface area contributed by atoms with Gasteiger partial charge in [-0.1, -0.05) is 16.6 Å². The van der Waals surface area contributed by atoms with E-state index >= 15 is 0 Å². The lowest BCUT2D eigenvalue weighted by atomic mass is 9.98. The SMILES string of the molecule is CC(C)OC(=O)/N=N/C(=O)OC1CCCCC1. The summed E-state index contributed by atoms with van der Waals surface area (Å²) in [5.74, 6) is 0. The smallest absolute Gasteiger partial charge is 0.444 e. The molecule has 0 heterocycles. The molecule has 96 valence electrons. The van der Waals surface area contributed by atoms with Gasteiger partial charge in [-0.3, -0.25) is 0 Å². The fourth-order valence-corrected chi connectivity index (χ4v) is 1.66. The van der Waals surface area contributed by atoms with Gasteiger partial charge in [0, 0.05) is 0 Å². The van der Waals surface area contributed by atoms with Crippen LogP contribution in [0.25, 0.3) is 0 Å². The highest BCUT2D eigenvalue weighted by Crippen LogP contribution is 2.20. The molecule has 1 aliphatic rings. The van der Waals surface area contributed by atoms with E-state index in [-0.39, 0.29) is 12.2 Å². The maximum absolute atomic E-state index is 11.2. The zero-order chi connectivity index (χ0) is 12.7. The fraction of sp³-hybridized carbons (Fsp3) is 0.818. The predicted octanol–water partition coefficient (Wildman–Crippen LogP) is 3.45. The molecule has 0 unspecified atom stereocenters. The first-order chi connectivity index (χ1) is 8.08. The summed E-state index contributed by atoms with van der Waals surface area (Å²) in [7, 11) is 0. The summed E-state index contributed by atoms with van der Waals surface area (Å²) in [5.41, 5.74) is 0.